The Hall–Kier alpha value is -3.95. The first kappa shape index (κ1) is 20.8. The Labute approximate surface area is 172 Å². The van der Waals surface area contributed by atoms with Crippen LogP contribution in [0.4, 0.5) is 5.69 Å². The zero-order valence-corrected chi connectivity index (χ0v) is 16.5. The molecule has 1 heterocycles. The monoisotopic (exact) mass is 411 g/mol. The quantitative estimate of drug-likeness (QED) is 0.528. The minimum Gasteiger partial charge on any atom is -0.497 e. The summed E-state index contributed by atoms with van der Waals surface area (Å²) in [5.41, 5.74) is 1.31. The first-order chi connectivity index (χ1) is 14.6. The number of carbonyl (C=O) groups is 2. The molecule has 2 aromatic carbocycles. The molecule has 0 aliphatic heterocycles. The molecule has 10 nitrogen and oxygen atoms in total. The van der Waals surface area contributed by atoms with E-state index in [1.165, 1.54) is 25.2 Å². The lowest BCUT2D eigenvalue weighted by molar-refractivity contribution is -0.151. The summed E-state index contributed by atoms with van der Waals surface area (Å²) in [6.07, 6.45) is 1.64. The maximum Gasteiger partial charge on any atom is 0.331 e. The highest BCUT2D eigenvalue weighted by atomic mass is 16.5. The fourth-order valence-corrected chi connectivity index (χ4v) is 2.76. The van der Waals surface area contributed by atoms with E-state index in [9.17, 15) is 9.59 Å². The van der Waals surface area contributed by atoms with Gasteiger partial charge in [0, 0.05) is 12.5 Å². The molecule has 156 valence electrons. The first-order valence-corrected chi connectivity index (χ1v) is 9.05. The molecule has 30 heavy (non-hydrogen) atoms. The summed E-state index contributed by atoms with van der Waals surface area (Å²) in [5, 5.41) is 13.6. The molecule has 1 amide bonds. The largest absolute Gasteiger partial charge is 0.497 e. The van der Waals surface area contributed by atoms with Crippen molar-refractivity contribution in [2.45, 2.75) is 12.5 Å². The van der Waals surface area contributed by atoms with E-state index in [4.69, 9.17) is 14.2 Å². The highest BCUT2D eigenvalue weighted by Crippen LogP contribution is 2.28. The van der Waals surface area contributed by atoms with E-state index in [1.54, 1.807) is 18.2 Å². The fourth-order valence-electron chi connectivity index (χ4n) is 2.76. The molecule has 0 spiro atoms. The van der Waals surface area contributed by atoms with Crippen molar-refractivity contribution in [3.05, 3.63) is 60.4 Å². The molecule has 3 aromatic rings. The minimum absolute atomic E-state index is 0.316. The molecule has 0 saturated carbocycles. The molecule has 0 bridgehead atoms. The summed E-state index contributed by atoms with van der Waals surface area (Å²) in [5.74, 6) is -0.153. The molecule has 0 radical (unpaired) electrons. The fraction of sp³-hybridized carbons (Fsp3) is 0.250. The van der Waals surface area contributed by atoms with Crippen molar-refractivity contribution >= 4 is 17.6 Å². The summed E-state index contributed by atoms with van der Waals surface area (Å²) in [6.45, 7) is -0.480. The van der Waals surface area contributed by atoms with Crippen LogP contribution in [0.2, 0.25) is 0 Å². The van der Waals surface area contributed by atoms with Gasteiger partial charge in [0.05, 0.1) is 19.9 Å². The third kappa shape index (κ3) is 5.31. The summed E-state index contributed by atoms with van der Waals surface area (Å²) in [4.78, 5) is 25.0. The van der Waals surface area contributed by atoms with E-state index in [-0.39, 0.29) is 0 Å². The molecule has 10 heteroatoms. The number of rotatable bonds is 9. The topological polar surface area (TPSA) is 117 Å². The zero-order chi connectivity index (χ0) is 21.3. The van der Waals surface area contributed by atoms with Crippen LogP contribution in [-0.2, 0) is 20.7 Å². The number of aromatic nitrogens is 4. The van der Waals surface area contributed by atoms with Gasteiger partial charge in [0.25, 0.3) is 5.91 Å². The number of benzene rings is 2. The first-order valence-electron chi connectivity index (χ1n) is 9.05. The second-order valence-corrected chi connectivity index (χ2v) is 6.22. The highest BCUT2D eigenvalue weighted by molar-refractivity contribution is 5.94. The van der Waals surface area contributed by atoms with Gasteiger partial charge in [-0.2, -0.15) is 0 Å². The summed E-state index contributed by atoms with van der Waals surface area (Å²) in [6, 6.07) is 13.5. The van der Waals surface area contributed by atoms with Crippen molar-refractivity contribution in [2.24, 2.45) is 0 Å². The van der Waals surface area contributed by atoms with Gasteiger partial charge in [0.15, 0.2) is 12.6 Å². The van der Waals surface area contributed by atoms with Crippen LogP contribution in [0, 0.1) is 0 Å². The van der Waals surface area contributed by atoms with Gasteiger partial charge in [0.2, 0.25) is 0 Å². The Morgan fingerprint density at radius 1 is 1.10 bits per heavy atom. The molecule has 1 atom stereocenters. The van der Waals surface area contributed by atoms with E-state index < -0.39 is 24.5 Å². The van der Waals surface area contributed by atoms with E-state index in [2.05, 4.69) is 20.8 Å². The van der Waals surface area contributed by atoms with Crippen LogP contribution in [-0.4, -0.2) is 52.9 Å². The maximum absolute atomic E-state index is 12.7. The lowest BCUT2D eigenvalue weighted by Crippen LogP contribution is -2.28. The van der Waals surface area contributed by atoms with E-state index in [1.807, 2.05) is 30.3 Å². The van der Waals surface area contributed by atoms with E-state index in [0.29, 0.717) is 23.6 Å². The van der Waals surface area contributed by atoms with Crippen LogP contribution >= 0.6 is 0 Å². The third-order valence-corrected chi connectivity index (χ3v) is 4.25. The van der Waals surface area contributed by atoms with Crippen molar-refractivity contribution in [1.82, 2.24) is 20.2 Å². The van der Waals surface area contributed by atoms with Gasteiger partial charge < -0.3 is 19.5 Å². The number of anilines is 1. The summed E-state index contributed by atoms with van der Waals surface area (Å²) in [7, 11) is 3.00. The van der Waals surface area contributed by atoms with Gasteiger partial charge in [-0.25, -0.2) is 9.48 Å². The summed E-state index contributed by atoms with van der Waals surface area (Å²) < 4.78 is 16.9. The smallest absolute Gasteiger partial charge is 0.331 e. The number of hydrogen-bond donors (Lipinski definition) is 1. The average molecular weight is 411 g/mol. The predicted molar refractivity (Wildman–Crippen MR) is 106 cm³/mol. The number of ether oxygens (including phenoxy) is 3. The molecule has 3 rings (SSSR count). The molecule has 1 aromatic heterocycles. The van der Waals surface area contributed by atoms with Gasteiger partial charge in [-0.1, -0.05) is 30.3 Å². The van der Waals surface area contributed by atoms with Crippen LogP contribution in [0.15, 0.2) is 54.9 Å². The molecular weight excluding hydrogens is 390 g/mol. The standard InChI is InChI=1S/C20H21N5O5/c1-28-15-8-9-18(29-2)16(11-15)22-19(26)12-30-20(27)17(25-13-21-23-24-25)10-14-6-4-3-5-7-14/h3-9,11,13,17H,10,12H2,1-2H3,(H,22,26)/t17-/m0/s1. The number of amides is 1. The number of methoxy groups -OCH3 is 2. The van der Waals surface area contributed by atoms with Crippen molar-refractivity contribution in [3.63, 3.8) is 0 Å². The molecular formula is C20H21N5O5. The number of nitrogens with one attached hydrogen (secondary N) is 1. The molecule has 0 fully saturated rings. The number of nitrogens with zero attached hydrogens (tertiary/aromatic N) is 4. The van der Waals surface area contributed by atoms with Crippen LogP contribution in [0.1, 0.15) is 11.6 Å². The lowest BCUT2D eigenvalue weighted by atomic mass is 10.1. The number of carbonyl (C=O) groups excluding carboxylic acids is 2. The van der Waals surface area contributed by atoms with Crippen molar-refractivity contribution in [1.29, 1.82) is 0 Å². The zero-order valence-electron chi connectivity index (χ0n) is 16.5. The number of esters is 1. The third-order valence-electron chi connectivity index (χ3n) is 4.25. The van der Waals surface area contributed by atoms with Crippen LogP contribution < -0.4 is 14.8 Å². The molecule has 1 N–H and O–H groups in total. The number of hydrogen-bond acceptors (Lipinski definition) is 8. The van der Waals surface area contributed by atoms with Gasteiger partial charge in [-0.05, 0) is 28.1 Å². The van der Waals surface area contributed by atoms with E-state index >= 15 is 0 Å². The molecule has 0 aliphatic carbocycles. The maximum atomic E-state index is 12.7. The highest BCUT2D eigenvalue weighted by Gasteiger charge is 2.25. The predicted octanol–water partition coefficient (Wildman–Crippen LogP) is 1.66. The van der Waals surface area contributed by atoms with Crippen molar-refractivity contribution in [3.8, 4) is 11.5 Å². The Kier molecular flexibility index (Phi) is 6.93. The second-order valence-electron chi connectivity index (χ2n) is 6.22. The van der Waals surface area contributed by atoms with Crippen LogP contribution in [0.5, 0.6) is 11.5 Å². The Morgan fingerprint density at radius 3 is 2.57 bits per heavy atom. The van der Waals surface area contributed by atoms with Crippen molar-refractivity contribution in [2.75, 3.05) is 26.1 Å². The summed E-state index contributed by atoms with van der Waals surface area (Å²) >= 11 is 0. The Balaban J connectivity index is 1.64. The lowest BCUT2D eigenvalue weighted by Gasteiger charge is -2.16. The van der Waals surface area contributed by atoms with Gasteiger partial charge in [-0.3, -0.25) is 4.79 Å². The normalized spacial score (nSPS) is 11.4. The minimum atomic E-state index is -0.804. The van der Waals surface area contributed by atoms with Crippen LogP contribution in [0.3, 0.4) is 0 Å². The van der Waals surface area contributed by atoms with E-state index in [0.717, 1.165) is 5.56 Å². The number of tetrazole rings is 1. The van der Waals surface area contributed by atoms with Gasteiger partial charge in [-0.15, -0.1) is 5.10 Å². The van der Waals surface area contributed by atoms with Crippen LogP contribution in [0.25, 0.3) is 0 Å². The Bertz CT molecular complexity index is 979. The molecule has 0 unspecified atom stereocenters. The molecule has 0 saturated heterocycles. The SMILES string of the molecule is COc1ccc(OC)c(NC(=O)COC(=O)[C@H](Cc2ccccc2)n2cnnn2)c1. The average Bonchev–Trinajstić information content (AvgIpc) is 3.31. The van der Waals surface area contributed by atoms with Gasteiger partial charge >= 0.3 is 5.97 Å². The van der Waals surface area contributed by atoms with Gasteiger partial charge in [0.1, 0.15) is 17.8 Å². The Morgan fingerprint density at radius 2 is 1.90 bits per heavy atom. The molecule has 0 aliphatic rings. The second kappa shape index (κ2) is 10.0. The van der Waals surface area contributed by atoms with Crippen molar-refractivity contribution < 1.29 is 23.8 Å².